The molecule has 26 heavy (non-hydrogen) atoms. The van der Waals surface area contributed by atoms with E-state index >= 15 is 0 Å². The van der Waals surface area contributed by atoms with Crippen LogP contribution in [0, 0.1) is 0 Å². The number of quaternary nitrogens is 1. The van der Waals surface area contributed by atoms with Gasteiger partial charge in [0.1, 0.15) is 0 Å². The number of carbonyl (C=O) groups is 3. The molecule has 0 fully saturated rings. The molecule has 2 aromatic rings. The third-order valence-electron chi connectivity index (χ3n) is 4.22. The number of carboxylic acid groups (broad SMARTS) is 1. The van der Waals surface area contributed by atoms with Gasteiger partial charge in [0.2, 0.25) is 6.04 Å². The number of carbonyl (C=O) groups excluding carboxylic acids is 2. The maximum absolute atomic E-state index is 12.5. The zero-order chi connectivity index (χ0) is 19.3. The van der Waals surface area contributed by atoms with E-state index in [0.29, 0.717) is 16.7 Å². The molecule has 0 saturated heterocycles. The summed E-state index contributed by atoms with van der Waals surface area (Å²) in [5.74, 6) is -2.46. The van der Waals surface area contributed by atoms with Crippen molar-refractivity contribution in [1.29, 1.82) is 0 Å². The molecule has 0 bridgehead atoms. The second-order valence-electron chi connectivity index (χ2n) is 6.13. The first-order valence-electron chi connectivity index (χ1n) is 8.27. The number of ether oxygens (including phenoxy) is 1. The van der Waals surface area contributed by atoms with Crippen LogP contribution in [0.25, 0.3) is 0 Å². The summed E-state index contributed by atoms with van der Waals surface area (Å²) in [6.45, 7) is 3.14. The highest BCUT2D eigenvalue weighted by atomic mass is 16.5. The van der Waals surface area contributed by atoms with Crippen LogP contribution >= 0.6 is 0 Å². The number of hydrogen-bond donors (Lipinski definition) is 2. The summed E-state index contributed by atoms with van der Waals surface area (Å²) in [5.41, 5.74) is 5.14. The van der Waals surface area contributed by atoms with Gasteiger partial charge in [-0.15, -0.1) is 0 Å². The number of hydrogen-bond acceptors (Lipinski definition) is 4. The Morgan fingerprint density at radius 1 is 0.962 bits per heavy atom. The van der Waals surface area contributed by atoms with Crippen molar-refractivity contribution in [2.24, 2.45) is 0 Å². The van der Waals surface area contributed by atoms with Crippen LogP contribution in [-0.4, -0.2) is 35.0 Å². The molecular formula is C20H22NO5+. The van der Waals surface area contributed by atoms with Crippen molar-refractivity contribution in [3.05, 3.63) is 71.3 Å². The Balaban J connectivity index is 2.15. The lowest BCUT2D eigenvalue weighted by atomic mass is 9.95. The standard InChI is InChI=1S/C20H21NO5/c1-12(20(25)26-13(2)17(21)19(23)24)15-9-6-10-16(11-15)18(22)14-7-4-3-5-8-14/h3-13,17H,21H2,1-2H3,(H,23,24)/p+1. The van der Waals surface area contributed by atoms with Gasteiger partial charge in [0, 0.05) is 11.1 Å². The molecule has 3 atom stereocenters. The van der Waals surface area contributed by atoms with E-state index in [4.69, 9.17) is 9.84 Å². The molecule has 0 aromatic heterocycles. The van der Waals surface area contributed by atoms with Gasteiger partial charge in [-0.05, 0) is 25.5 Å². The Bertz CT molecular complexity index is 803. The summed E-state index contributed by atoms with van der Waals surface area (Å²) < 4.78 is 5.21. The summed E-state index contributed by atoms with van der Waals surface area (Å²) in [6, 6.07) is 14.6. The number of carboxylic acids is 1. The lowest BCUT2D eigenvalue weighted by molar-refractivity contribution is -0.423. The zero-order valence-corrected chi connectivity index (χ0v) is 14.7. The Morgan fingerprint density at radius 3 is 2.19 bits per heavy atom. The minimum Gasteiger partial charge on any atom is -0.477 e. The normalized spacial score (nSPS) is 14.1. The molecule has 4 N–H and O–H groups in total. The molecule has 3 unspecified atom stereocenters. The molecule has 0 aliphatic heterocycles. The number of rotatable bonds is 7. The second-order valence-corrected chi connectivity index (χ2v) is 6.13. The summed E-state index contributed by atoms with van der Waals surface area (Å²) in [4.78, 5) is 35.8. The highest BCUT2D eigenvalue weighted by molar-refractivity contribution is 6.09. The topological polar surface area (TPSA) is 108 Å². The molecule has 0 spiro atoms. The van der Waals surface area contributed by atoms with Crippen molar-refractivity contribution in [2.75, 3.05) is 0 Å². The van der Waals surface area contributed by atoms with Gasteiger partial charge in [-0.3, -0.25) is 9.59 Å². The van der Waals surface area contributed by atoms with E-state index in [-0.39, 0.29) is 5.78 Å². The van der Waals surface area contributed by atoms with Gasteiger partial charge in [-0.1, -0.05) is 48.5 Å². The van der Waals surface area contributed by atoms with Crippen molar-refractivity contribution < 1.29 is 30.0 Å². The summed E-state index contributed by atoms with van der Waals surface area (Å²) in [5, 5.41) is 8.94. The van der Waals surface area contributed by atoms with Crippen molar-refractivity contribution in [1.82, 2.24) is 0 Å². The molecule has 0 saturated carbocycles. The maximum atomic E-state index is 12.5. The van der Waals surface area contributed by atoms with E-state index in [1.807, 2.05) is 6.07 Å². The van der Waals surface area contributed by atoms with Crippen LogP contribution in [0.4, 0.5) is 0 Å². The minimum atomic E-state index is -1.13. The van der Waals surface area contributed by atoms with Crippen molar-refractivity contribution in [3.8, 4) is 0 Å². The van der Waals surface area contributed by atoms with E-state index < -0.39 is 30.0 Å². The van der Waals surface area contributed by atoms with Crippen LogP contribution in [0.5, 0.6) is 0 Å². The zero-order valence-electron chi connectivity index (χ0n) is 14.7. The predicted molar refractivity (Wildman–Crippen MR) is 94.6 cm³/mol. The van der Waals surface area contributed by atoms with E-state index in [1.165, 1.54) is 6.92 Å². The summed E-state index contributed by atoms with van der Waals surface area (Å²) >= 11 is 0. The average molecular weight is 356 g/mol. The third-order valence-corrected chi connectivity index (χ3v) is 4.22. The molecule has 0 radical (unpaired) electrons. The summed E-state index contributed by atoms with van der Waals surface area (Å²) in [7, 11) is 0. The first-order chi connectivity index (χ1) is 12.3. The second kappa shape index (κ2) is 8.40. The van der Waals surface area contributed by atoms with Crippen molar-refractivity contribution in [3.63, 3.8) is 0 Å². The van der Waals surface area contributed by atoms with Gasteiger partial charge in [0.15, 0.2) is 11.9 Å². The van der Waals surface area contributed by atoms with Crippen LogP contribution in [0.1, 0.15) is 41.3 Å². The van der Waals surface area contributed by atoms with Gasteiger partial charge in [0.05, 0.1) is 5.92 Å². The van der Waals surface area contributed by atoms with E-state index in [1.54, 1.807) is 55.5 Å². The average Bonchev–Trinajstić information content (AvgIpc) is 2.66. The Labute approximate surface area is 151 Å². The SMILES string of the molecule is CC(C(=O)OC(C)C([NH3+])C(=O)O)c1cccc(C(=O)c2ccccc2)c1. The van der Waals surface area contributed by atoms with E-state index in [0.717, 1.165) is 0 Å². The summed E-state index contributed by atoms with van der Waals surface area (Å²) in [6.07, 6.45) is -0.850. The van der Waals surface area contributed by atoms with Gasteiger partial charge >= 0.3 is 11.9 Å². The maximum Gasteiger partial charge on any atom is 0.366 e. The fourth-order valence-corrected chi connectivity index (χ4v) is 2.41. The van der Waals surface area contributed by atoms with E-state index in [2.05, 4.69) is 5.73 Å². The van der Waals surface area contributed by atoms with Crippen LogP contribution in [0.2, 0.25) is 0 Å². The molecule has 2 aromatic carbocycles. The van der Waals surface area contributed by atoms with Gasteiger partial charge in [-0.2, -0.15) is 0 Å². The number of aliphatic carboxylic acids is 1. The predicted octanol–water partition coefficient (Wildman–Crippen LogP) is 1.65. The fraction of sp³-hybridized carbons (Fsp3) is 0.250. The van der Waals surface area contributed by atoms with Crippen LogP contribution in [0.15, 0.2) is 54.6 Å². The molecule has 6 heteroatoms. The molecular weight excluding hydrogens is 334 g/mol. The smallest absolute Gasteiger partial charge is 0.366 e. The molecule has 0 aliphatic rings. The van der Waals surface area contributed by atoms with Crippen molar-refractivity contribution >= 4 is 17.7 Å². The molecule has 0 aliphatic carbocycles. The minimum absolute atomic E-state index is 0.134. The first kappa shape index (κ1) is 19.3. The Hall–Kier alpha value is -2.99. The number of benzene rings is 2. The monoisotopic (exact) mass is 356 g/mol. The highest BCUT2D eigenvalue weighted by Crippen LogP contribution is 2.21. The largest absolute Gasteiger partial charge is 0.477 e. The Morgan fingerprint density at radius 2 is 1.58 bits per heavy atom. The van der Waals surface area contributed by atoms with Gasteiger partial charge < -0.3 is 15.6 Å². The molecule has 2 rings (SSSR count). The highest BCUT2D eigenvalue weighted by Gasteiger charge is 2.29. The van der Waals surface area contributed by atoms with Crippen LogP contribution in [-0.2, 0) is 14.3 Å². The fourth-order valence-electron chi connectivity index (χ4n) is 2.41. The molecule has 136 valence electrons. The first-order valence-corrected chi connectivity index (χ1v) is 8.27. The van der Waals surface area contributed by atoms with E-state index in [9.17, 15) is 14.4 Å². The molecule has 6 nitrogen and oxygen atoms in total. The lowest BCUT2D eigenvalue weighted by Gasteiger charge is -2.18. The van der Waals surface area contributed by atoms with Gasteiger partial charge in [0.25, 0.3) is 0 Å². The quantitative estimate of drug-likeness (QED) is 0.579. The van der Waals surface area contributed by atoms with Crippen molar-refractivity contribution in [2.45, 2.75) is 31.9 Å². The molecule has 0 heterocycles. The Kier molecular flexibility index (Phi) is 6.25. The number of esters is 1. The van der Waals surface area contributed by atoms with Crippen LogP contribution < -0.4 is 5.73 Å². The third kappa shape index (κ3) is 4.55. The lowest BCUT2D eigenvalue weighted by Crippen LogP contribution is -2.70. The van der Waals surface area contributed by atoms with Crippen LogP contribution in [0.3, 0.4) is 0 Å². The molecule has 0 amide bonds. The number of ketones is 1. The van der Waals surface area contributed by atoms with Gasteiger partial charge in [-0.25, -0.2) is 4.79 Å².